The summed E-state index contributed by atoms with van der Waals surface area (Å²) >= 11 is 0. The molecule has 0 aliphatic carbocycles. The normalized spacial score (nSPS) is 11.6. The zero-order valence-electron chi connectivity index (χ0n) is 12.8. The minimum absolute atomic E-state index is 0.141. The molecule has 1 atom stereocenters. The second-order valence-electron chi connectivity index (χ2n) is 4.59. The molecule has 0 saturated heterocycles. The Morgan fingerprint density at radius 1 is 1.32 bits per heavy atom. The number of carbonyl (C=O) groups is 2. The zero-order chi connectivity index (χ0) is 16.4. The molecule has 7 heteroatoms. The van der Waals surface area contributed by atoms with E-state index < -0.39 is 5.97 Å². The van der Waals surface area contributed by atoms with E-state index in [-0.39, 0.29) is 25.0 Å². The van der Waals surface area contributed by atoms with Gasteiger partial charge in [0.15, 0.2) is 6.61 Å². The second kappa shape index (κ2) is 9.75. The van der Waals surface area contributed by atoms with E-state index in [1.165, 1.54) is 14.2 Å². The first-order valence-corrected chi connectivity index (χ1v) is 6.87. The maximum Gasteiger partial charge on any atom is 0.343 e. The molecule has 1 rings (SSSR count). The first-order chi connectivity index (χ1) is 10.6. The third kappa shape index (κ3) is 6.55. The highest BCUT2D eigenvalue weighted by Gasteiger charge is 2.11. The fourth-order valence-electron chi connectivity index (χ4n) is 1.69. The number of esters is 1. The summed E-state index contributed by atoms with van der Waals surface area (Å²) in [6.45, 7) is 0.494. The molecule has 0 aromatic heterocycles. The van der Waals surface area contributed by atoms with Gasteiger partial charge < -0.3 is 25.3 Å². The van der Waals surface area contributed by atoms with E-state index in [0.717, 1.165) is 5.56 Å². The molecule has 0 aliphatic rings. The number of nitrogens with one attached hydrogen (secondary N) is 1. The smallest absolute Gasteiger partial charge is 0.343 e. The molecule has 0 saturated carbocycles. The van der Waals surface area contributed by atoms with Gasteiger partial charge in [-0.05, 0) is 17.7 Å². The van der Waals surface area contributed by atoms with Crippen molar-refractivity contribution in [3.63, 3.8) is 0 Å². The summed E-state index contributed by atoms with van der Waals surface area (Å²) in [4.78, 5) is 22.8. The van der Waals surface area contributed by atoms with Crippen molar-refractivity contribution in [2.75, 3.05) is 27.4 Å². The summed E-state index contributed by atoms with van der Waals surface area (Å²) in [6.07, 6.45) is -0.0688. The fraction of sp³-hybridized carbons (Fsp3) is 0.467. The molecular formula is C15H22N2O5. The summed E-state index contributed by atoms with van der Waals surface area (Å²) in [7, 11) is 2.82. The molecule has 0 fully saturated rings. The highest BCUT2D eigenvalue weighted by molar-refractivity contribution is 5.76. The van der Waals surface area contributed by atoms with E-state index >= 15 is 0 Å². The Morgan fingerprint density at radius 2 is 2.09 bits per heavy atom. The van der Waals surface area contributed by atoms with Crippen molar-refractivity contribution in [1.29, 1.82) is 0 Å². The molecule has 0 aliphatic heterocycles. The largest absolute Gasteiger partial charge is 0.482 e. The Hall–Kier alpha value is -2.12. The van der Waals surface area contributed by atoms with Crippen molar-refractivity contribution in [3.8, 4) is 5.75 Å². The number of ether oxygens (including phenoxy) is 3. The van der Waals surface area contributed by atoms with Crippen molar-refractivity contribution in [2.45, 2.75) is 19.1 Å². The van der Waals surface area contributed by atoms with Gasteiger partial charge in [0, 0.05) is 20.2 Å². The number of methoxy groups -OCH3 is 2. The third-order valence-electron chi connectivity index (χ3n) is 2.98. The monoisotopic (exact) mass is 310 g/mol. The van der Waals surface area contributed by atoms with Crippen LogP contribution in [0, 0.1) is 0 Å². The Bertz CT molecular complexity index is 489. The average Bonchev–Trinajstić information content (AvgIpc) is 2.56. The van der Waals surface area contributed by atoms with E-state index in [4.69, 9.17) is 15.2 Å². The SMILES string of the molecule is COC(=O)COc1cccc(CNC(=O)CC(CN)OC)c1. The lowest BCUT2D eigenvalue weighted by Gasteiger charge is -2.13. The Balaban J connectivity index is 2.45. The Kier molecular flexibility index (Phi) is 7.95. The molecule has 22 heavy (non-hydrogen) atoms. The van der Waals surface area contributed by atoms with Gasteiger partial charge in [-0.2, -0.15) is 0 Å². The average molecular weight is 310 g/mol. The Morgan fingerprint density at radius 3 is 2.73 bits per heavy atom. The van der Waals surface area contributed by atoms with Gasteiger partial charge in [-0.15, -0.1) is 0 Å². The van der Waals surface area contributed by atoms with Gasteiger partial charge in [0.1, 0.15) is 5.75 Å². The van der Waals surface area contributed by atoms with Crippen LogP contribution in [0.4, 0.5) is 0 Å². The van der Waals surface area contributed by atoms with E-state index in [1.807, 2.05) is 6.07 Å². The van der Waals surface area contributed by atoms with Crippen molar-refractivity contribution < 1.29 is 23.8 Å². The summed E-state index contributed by atoms with van der Waals surface area (Å²) in [6, 6.07) is 7.11. The first-order valence-electron chi connectivity index (χ1n) is 6.87. The molecule has 1 aromatic carbocycles. The second-order valence-corrected chi connectivity index (χ2v) is 4.59. The number of rotatable bonds is 9. The quantitative estimate of drug-likeness (QED) is 0.633. The number of amides is 1. The Labute approximate surface area is 129 Å². The third-order valence-corrected chi connectivity index (χ3v) is 2.98. The van der Waals surface area contributed by atoms with Crippen molar-refractivity contribution in [1.82, 2.24) is 5.32 Å². The number of nitrogens with two attached hydrogens (primary N) is 1. The van der Waals surface area contributed by atoms with Gasteiger partial charge in [0.25, 0.3) is 0 Å². The topological polar surface area (TPSA) is 99.9 Å². The van der Waals surface area contributed by atoms with Crippen molar-refractivity contribution in [3.05, 3.63) is 29.8 Å². The summed E-state index contributed by atoms with van der Waals surface area (Å²) in [5.74, 6) is -0.0573. The number of benzene rings is 1. The predicted octanol–water partition coefficient (Wildman–Crippen LogP) is 0.218. The highest BCUT2D eigenvalue weighted by atomic mass is 16.6. The maximum absolute atomic E-state index is 11.7. The van der Waals surface area contributed by atoms with E-state index in [2.05, 4.69) is 10.1 Å². The minimum atomic E-state index is -0.453. The van der Waals surface area contributed by atoms with Crippen LogP contribution in [-0.4, -0.2) is 45.4 Å². The standard InChI is InChI=1S/C15H22N2O5/c1-20-13(8-16)7-14(18)17-9-11-4-3-5-12(6-11)22-10-15(19)21-2/h3-6,13H,7-10,16H2,1-2H3,(H,17,18). The van der Waals surface area contributed by atoms with Crippen LogP contribution in [0.3, 0.4) is 0 Å². The molecule has 0 heterocycles. The van der Waals surface area contributed by atoms with Crippen LogP contribution in [0.25, 0.3) is 0 Å². The molecule has 0 radical (unpaired) electrons. The summed E-state index contributed by atoms with van der Waals surface area (Å²) in [5, 5.41) is 2.78. The van der Waals surface area contributed by atoms with E-state index in [0.29, 0.717) is 18.8 Å². The molecular weight excluding hydrogens is 288 g/mol. The van der Waals surface area contributed by atoms with Crippen LogP contribution in [0.1, 0.15) is 12.0 Å². The first kappa shape index (κ1) is 17.9. The molecule has 0 bridgehead atoms. The number of hydrogen-bond acceptors (Lipinski definition) is 6. The van der Waals surface area contributed by atoms with Gasteiger partial charge in [0.05, 0.1) is 19.6 Å². The van der Waals surface area contributed by atoms with Crippen LogP contribution >= 0.6 is 0 Å². The zero-order valence-corrected chi connectivity index (χ0v) is 12.8. The molecule has 122 valence electrons. The minimum Gasteiger partial charge on any atom is -0.482 e. The summed E-state index contributed by atoms with van der Waals surface area (Å²) in [5.41, 5.74) is 6.33. The maximum atomic E-state index is 11.7. The lowest BCUT2D eigenvalue weighted by molar-refractivity contribution is -0.142. The molecule has 1 aromatic rings. The van der Waals surface area contributed by atoms with E-state index in [1.54, 1.807) is 18.2 Å². The van der Waals surface area contributed by atoms with Gasteiger partial charge in [0.2, 0.25) is 5.91 Å². The van der Waals surface area contributed by atoms with Crippen molar-refractivity contribution in [2.24, 2.45) is 5.73 Å². The molecule has 1 amide bonds. The molecule has 3 N–H and O–H groups in total. The van der Waals surface area contributed by atoms with Crippen LogP contribution < -0.4 is 15.8 Å². The lowest BCUT2D eigenvalue weighted by Crippen LogP contribution is -2.31. The fourth-order valence-corrected chi connectivity index (χ4v) is 1.69. The van der Waals surface area contributed by atoms with Crippen LogP contribution in [0.2, 0.25) is 0 Å². The van der Waals surface area contributed by atoms with Gasteiger partial charge >= 0.3 is 5.97 Å². The van der Waals surface area contributed by atoms with E-state index in [9.17, 15) is 9.59 Å². The predicted molar refractivity (Wildman–Crippen MR) is 80.3 cm³/mol. The summed E-state index contributed by atoms with van der Waals surface area (Å²) < 4.78 is 14.8. The van der Waals surface area contributed by atoms with Gasteiger partial charge in [-0.25, -0.2) is 4.79 Å². The van der Waals surface area contributed by atoms with Crippen LogP contribution in [-0.2, 0) is 25.6 Å². The molecule has 0 spiro atoms. The number of carbonyl (C=O) groups excluding carboxylic acids is 2. The van der Waals surface area contributed by atoms with Crippen LogP contribution in [0.15, 0.2) is 24.3 Å². The van der Waals surface area contributed by atoms with Gasteiger partial charge in [-0.3, -0.25) is 4.79 Å². The van der Waals surface area contributed by atoms with Crippen LogP contribution in [0.5, 0.6) is 5.75 Å². The molecule has 1 unspecified atom stereocenters. The van der Waals surface area contributed by atoms with Crippen molar-refractivity contribution >= 4 is 11.9 Å². The highest BCUT2D eigenvalue weighted by Crippen LogP contribution is 2.13. The number of hydrogen-bond donors (Lipinski definition) is 2. The molecule has 7 nitrogen and oxygen atoms in total. The lowest BCUT2D eigenvalue weighted by atomic mass is 10.2. The van der Waals surface area contributed by atoms with Gasteiger partial charge in [-0.1, -0.05) is 12.1 Å².